The van der Waals surface area contributed by atoms with E-state index in [1.807, 2.05) is 12.1 Å². The Hall–Kier alpha value is -1.48. The van der Waals surface area contributed by atoms with Crippen LogP contribution in [0, 0.1) is 0 Å². The molecule has 1 heterocycles. The second-order valence-electron chi connectivity index (χ2n) is 3.71. The number of hydrogen-bond acceptors (Lipinski definition) is 2. The first-order valence-corrected chi connectivity index (χ1v) is 5.52. The summed E-state index contributed by atoms with van der Waals surface area (Å²) in [4.78, 5) is 13.0. The van der Waals surface area contributed by atoms with Crippen molar-refractivity contribution in [1.29, 1.82) is 0 Å². The van der Waals surface area contributed by atoms with Crippen LogP contribution in [0.4, 0.5) is 5.69 Å². The Morgan fingerprint density at radius 2 is 2.38 bits per heavy atom. The highest BCUT2D eigenvalue weighted by atomic mass is 35.5. The number of carboxylic acid groups (broad SMARTS) is 1. The van der Waals surface area contributed by atoms with E-state index >= 15 is 0 Å². The SMILES string of the molecule is O=C(O)c1ccc2c(c1)N(C/C=C/Cl)CC2. The van der Waals surface area contributed by atoms with E-state index in [0.29, 0.717) is 5.56 Å². The summed E-state index contributed by atoms with van der Waals surface area (Å²) >= 11 is 5.49. The lowest BCUT2D eigenvalue weighted by Crippen LogP contribution is -2.20. The van der Waals surface area contributed by atoms with Crippen LogP contribution in [0.15, 0.2) is 29.8 Å². The molecule has 16 heavy (non-hydrogen) atoms. The van der Waals surface area contributed by atoms with Crippen LogP contribution >= 0.6 is 11.6 Å². The smallest absolute Gasteiger partial charge is 0.335 e. The van der Waals surface area contributed by atoms with Crippen molar-refractivity contribution in [1.82, 2.24) is 0 Å². The van der Waals surface area contributed by atoms with Crippen molar-refractivity contribution in [3.05, 3.63) is 40.9 Å². The molecule has 0 radical (unpaired) electrons. The van der Waals surface area contributed by atoms with Gasteiger partial charge in [-0.15, -0.1) is 0 Å². The van der Waals surface area contributed by atoms with Crippen LogP contribution in [0.2, 0.25) is 0 Å². The van der Waals surface area contributed by atoms with Crippen LogP contribution < -0.4 is 4.90 Å². The Bertz CT molecular complexity index is 443. The van der Waals surface area contributed by atoms with Crippen LogP contribution in [0.25, 0.3) is 0 Å². The molecule has 4 heteroatoms. The first-order valence-electron chi connectivity index (χ1n) is 5.09. The molecule has 1 aromatic rings. The van der Waals surface area contributed by atoms with E-state index in [1.54, 1.807) is 12.1 Å². The van der Waals surface area contributed by atoms with Gasteiger partial charge in [-0.05, 0) is 24.1 Å². The molecule has 0 bridgehead atoms. The third-order valence-electron chi connectivity index (χ3n) is 2.74. The molecule has 0 unspecified atom stereocenters. The zero-order valence-corrected chi connectivity index (χ0v) is 9.44. The zero-order valence-electron chi connectivity index (χ0n) is 8.69. The lowest BCUT2D eigenvalue weighted by Gasteiger charge is -2.17. The molecule has 2 rings (SSSR count). The Morgan fingerprint density at radius 3 is 3.06 bits per heavy atom. The monoisotopic (exact) mass is 237 g/mol. The fourth-order valence-corrected chi connectivity index (χ4v) is 2.01. The van der Waals surface area contributed by atoms with Crippen molar-refractivity contribution in [2.75, 3.05) is 18.0 Å². The van der Waals surface area contributed by atoms with Gasteiger partial charge < -0.3 is 10.0 Å². The largest absolute Gasteiger partial charge is 0.478 e. The van der Waals surface area contributed by atoms with E-state index in [4.69, 9.17) is 16.7 Å². The number of benzene rings is 1. The normalized spacial score (nSPS) is 14.4. The topological polar surface area (TPSA) is 40.5 Å². The average molecular weight is 238 g/mol. The fourth-order valence-electron chi connectivity index (χ4n) is 1.94. The standard InChI is InChI=1S/C12H12ClNO2/c13-5-1-6-14-7-4-9-2-3-10(12(15)16)8-11(9)14/h1-3,5,8H,4,6-7H2,(H,15,16)/b5-1+. The van der Waals surface area contributed by atoms with E-state index in [9.17, 15) is 4.79 Å². The van der Waals surface area contributed by atoms with E-state index in [1.165, 1.54) is 11.1 Å². The van der Waals surface area contributed by atoms with Crippen LogP contribution in [0.5, 0.6) is 0 Å². The highest BCUT2D eigenvalue weighted by Gasteiger charge is 2.19. The van der Waals surface area contributed by atoms with Gasteiger partial charge in [-0.3, -0.25) is 0 Å². The molecule has 1 aliphatic heterocycles. The second kappa shape index (κ2) is 4.58. The third kappa shape index (κ3) is 2.04. The van der Waals surface area contributed by atoms with Crippen molar-refractivity contribution in [3.8, 4) is 0 Å². The predicted molar refractivity (Wildman–Crippen MR) is 64.3 cm³/mol. The number of halogens is 1. The molecular formula is C12H12ClNO2. The highest BCUT2D eigenvalue weighted by Crippen LogP contribution is 2.28. The van der Waals surface area contributed by atoms with Gasteiger partial charge in [0, 0.05) is 24.3 Å². The molecule has 3 nitrogen and oxygen atoms in total. The van der Waals surface area contributed by atoms with E-state index < -0.39 is 5.97 Å². The van der Waals surface area contributed by atoms with Gasteiger partial charge in [0.2, 0.25) is 0 Å². The van der Waals surface area contributed by atoms with Crippen LogP contribution in [-0.4, -0.2) is 24.2 Å². The van der Waals surface area contributed by atoms with Gasteiger partial charge >= 0.3 is 5.97 Å². The molecular weight excluding hydrogens is 226 g/mol. The molecule has 0 saturated heterocycles. The summed E-state index contributed by atoms with van der Waals surface area (Å²) in [7, 11) is 0. The first kappa shape index (κ1) is 11.0. The summed E-state index contributed by atoms with van der Waals surface area (Å²) in [6, 6.07) is 5.28. The number of nitrogens with zero attached hydrogens (tertiary/aromatic N) is 1. The number of aromatic carboxylic acids is 1. The first-order chi connectivity index (χ1) is 7.72. The van der Waals surface area contributed by atoms with Crippen LogP contribution in [0.3, 0.4) is 0 Å². The van der Waals surface area contributed by atoms with Gasteiger partial charge in [0.15, 0.2) is 0 Å². The summed E-state index contributed by atoms with van der Waals surface area (Å²) in [6.07, 6.45) is 2.81. The number of fused-ring (bicyclic) bond motifs is 1. The minimum atomic E-state index is -0.887. The number of carboxylic acids is 1. The summed E-state index contributed by atoms with van der Waals surface area (Å²) in [5.74, 6) is -0.887. The summed E-state index contributed by atoms with van der Waals surface area (Å²) < 4.78 is 0. The van der Waals surface area contributed by atoms with Crippen molar-refractivity contribution in [3.63, 3.8) is 0 Å². The van der Waals surface area contributed by atoms with Crippen molar-refractivity contribution >= 4 is 23.3 Å². The molecule has 0 spiro atoms. The third-order valence-corrected chi connectivity index (χ3v) is 2.92. The predicted octanol–water partition coefficient (Wildman–Crippen LogP) is 2.50. The lowest BCUT2D eigenvalue weighted by atomic mass is 10.1. The molecule has 0 aromatic heterocycles. The Kier molecular flexibility index (Phi) is 3.15. The van der Waals surface area contributed by atoms with Gasteiger partial charge in [-0.2, -0.15) is 0 Å². The van der Waals surface area contributed by atoms with Crippen LogP contribution in [0.1, 0.15) is 15.9 Å². The lowest BCUT2D eigenvalue weighted by molar-refractivity contribution is 0.0697. The second-order valence-corrected chi connectivity index (χ2v) is 3.96. The summed E-state index contributed by atoms with van der Waals surface area (Å²) in [5.41, 5.74) is 4.03. The Labute approximate surface area is 98.9 Å². The molecule has 84 valence electrons. The molecule has 0 amide bonds. The summed E-state index contributed by atoms with van der Waals surface area (Å²) in [6.45, 7) is 1.64. The molecule has 0 aliphatic carbocycles. The molecule has 0 fully saturated rings. The van der Waals surface area contributed by atoms with Crippen molar-refractivity contribution < 1.29 is 9.90 Å². The van der Waals surface area contributed by atoms with Gasteiger partial charge in [0.05, 0.1) is 5.56 Å². The quantitative estimate of drug-likeness (QED) is 0.878. The number of rotatable bonds is 3. The number of carbonyl (C=O) groups is 1. The highest BCUT2D eigenvalue weighted by molar-refractivity contribution is 6.25. The Morgan fingerprint density at radius 1 is 1.56 bits per heavy atom. The maximum atomic E-state index is 10.9. The fraction of sp³-hybridized carbons (Fsp3) is 0.250. The minimum absolute atomic E-state index is 0.334. The number of hydrogen-bond donors (Lipinski definition) is 1. The van der Waals surface area contributed by atoms with Crippen molar-refractivity contribution in [2.24, 2.45) is 0 Å². The molecule has 0 saturated carbocycles. The maximum Gasteiger partial charge on any atom is 0.335 e. The van der Waals surface area contributed by atoms with Gasteiger partial charge in [0.1, 0.15) is 0 Å². The maximum absolute atomic E-state index is 10.9. The minimum Gasteiger partial charge on any atom is -0.478 e. The molecule has 0 atom stereocenters. The molecule has 1 N–H and O–H groups in total. The zero-order chi connectivity index (χ0) is 11.5. The van der Waals surface area contributed by atoms with E-state index in [-0.39, 0.29) is 0 Å². The van der Waals surface area contributed by atoms with Gasteiger partial charge in [-0.1, -0.05) is 23.7 Å². The number of anilines is 1. The molecule has 1 aliphatic rings. The van der Waals surface area contributed by atoms with Crippen molar-refractivity contribution in [2.45, 2.75) is 6.42 Å². The van der Waals surface area contributed by atoms with E-state index in [0.717, 1.165) is 25.2 Å². The Balaban J connectivity index is 2.29. The summed E-state index contributed by atoms with van der Waals surface area (Å²) in [5, 5.41) is 8.92. The van der Waals surface area contributed by atoms with Gasteiger partial charge in [0.25, 0.3) is 0 Å². The van der Waals surface area contributed by atoms with Crippen LogP contribution in [-0.2, 0) is 6.42 Å². The van der Waals surface area contributed by atoms with Gasteiger partial charge in [-0.25, -0.2) is 4.79 Å². The van der Waals surface area contributed by atoms with E-state index in [2.05, 4.69) is 4.90 Å². The average Bonchev–Trinajstić information content (AvgIpc) is 2.68. The molecule has 1 aromatic carbocycles.